The van der Waals surface area contributed by atoms with Gasteiger partial charge in [0.25, 0.3) is 5.91 Å². The zero-order valence-corrected chi connectivity index (χ0v) is 14.3. The van der Waals surface area contributed by atoms with Crippen LogP contribution >= 0.6 is 0 Å². The third kappa shape index (κ3) is 3.06. The van der Waals surface area contributed by atoms with Gasteiger partial charge in [0, 0.05) is 29.9 Å². The van der Waals surface area contributed by atoms with Crippen LogP contribution in [0.15, 0.2) is 70.0 Å². The molecule has 0 bridgehead atoms. The molecule has 27 heavy (non-hydrogen) atoms. The molecule has 4 rings (SSSR count). The molecule has 1 amide bonds. The van der Waals surface area contributed by atoms with E-state index in [1.54, 1.807) is 41.2 Å². The van der Waals surface area contributed by atoms with Gasteiger partial charge in [-0.3, -0.25) is 9.48 Å². The number of fused-ring (bicyclic) bond motifs is 1. The Kier molecular flexibility index (Phi) is 3.97. The third-order valence-corrected chi connectivity index (χ3v) is 4.22. The van der Waals surface area contributed by atoms with Gasteiger partial charge in [-0.25, -0.2) is 4.79 Å². The highest BCUT2D eigenvalue weighted by atomic mass is 16.4. The Morgan fingerprint density at radius 2 is 1.96 bits per heavy atom. The molecule has 0 fully saturated rings. The molecule has 2 aromatic carbocycles. The van der Waals surface area contributed by atoms with Crippen molar-refractivity contribution in [3.8, 4) is 17.0 Å². The van der Waals surface area contributed by atoms with Crippen LogP contribution in [0.25, 0.3) is 22.2 Å². The minimum Gasteiger partial charge on any atom is -0.504 e. The molecule has 0 spiro atoms. The maximum Gasteiger partial charge on any atom is 0.349 e. The highest BCUT2D eigenvalue weighted by molar-refractivity contribution is 6.05. The molecule has 134 valence electrons. The van der Waals surface area contributed by atoms with Crippen LogP contribution in [-0.2, 0) is 7.05 Å². The molecule has 0 radical (unpaired) electrons. The van der Waals surface area contributed by atoms with Crippen LogP contribution in [0.5, 0.6) is 5.75 Å². The summed E-state index contributed by atoms with van der Waals surface area (Å²) in [5.74, 6) is -0.739. The average Bonchev–Trinajstić information content (AvgIpc) is 3.08. The number of hydrogen-bond donors (Lipinski definition) is 2. The van der Waals surface area contributed by atoms with Crippen molar-refractivity contribution >= 4 is 22.6 Å². The van der Waals surface area contributed by atoms with Gasteiger partial charge in [0.1, 0.15) is 5.56 Å². The van der Waals surface area contributed by atoms with E-state index in [0.29, 0.717) is 11.1 Å². The first-order valence-electron chi connectivity index (χ1n) is 8.18. The zero-order chi connectivity index (χ0) is 19.0. The van der Waals surface area contributed by atoms with Gasteiger partial charge >= 0.3 is 5.63 Å². The minimum absolute atomic E-state index is 0.0530. The number of aryl methyl sites for hydroxylation is 1. The summed E-state index contributed by atoms with van der Waals surface area (Å²) in [6.45, 7) is 0. The lowest BCUT2D eigenvalue weighted by Gasteiger charge is -2.08. The van der Waals surface area contributed by atoms with Gasteiger partial charge in [-0.2, -0.15) is 5.10 Å². The minimum atomic E-state index is -0.815. The van der Waals surface area contributed by atoms with Crippen molar-refractivity contribution in [2.45, 2.75) is 0 Å². The molecule has 7 heteroatoms. The van der Waals surface area contributed by atoms with Crippen LogP contribution in [0, 0.1) is 0 Å². The smallest absolute Gasteiger partial charge is 0.349 e. The Balaban J connectivity index is 1.67. The lowest BCUT2D eigenvalue weighted by molar-refractivity contribution is 0.102. The fraction of sp³-hybridized carbons (Fsp3) is 0.0500. The first-order chi connectivity index (χ1) is 13.0. The summed E-state index contributed by atoms with van der Waals surface area (Å²) in [7, 11) is 1.83. The van der Waals surface area contributed by atoms with Gasteiger partial charge in [0.2, 0.25) is 0 Å². The molecule has 4 aromatic rings. The topological polar surface area (TPSA) is 97.4 Å². The van der Waals surface area contributed by atoms with Gasteiger partial charge in [-0.15, -0.1) is 0 Å². The maximum atomic E-state index is 12.6. The van der Waals surface area contributed by atoms with Crippen LogP contribution in [0.4, 0.5) is 5.69 Å². The molecule has 7 nitrogen and oxygen atoms in total. The fourth-order valence-corrected chi connectivity index (χ4v) is 2.90. The molecule has 2 heterocycles. The van der Waals surface area contributed by atoms with E-state index >= 15 is 0 Å². The predicted molar refractivity (Wildman–Crippen MR) is 101 cm³/mol. The number of nitrogens with zero attached hydrogens (tertiary/aromatic N) is 2. The van der Waals surface area contributed by atoms with Crippen molar-refractivity contribution in [3.63, 3.8) is 0 Å². The summed E-state index contributed by atoms with van der Waals surface area (Å²) in [6, 6.07) is 15.2. The summed E-state index contributed by atoms with van der Waals surface area (Å²) in [5.41, 5.74) is 1.41. The number of anilines is 1. The van der Waals surface area contributed by atoms with Crippen LogP contribution in [0.1, 0.15) is 10.4 Å². The molecule has 0 aliphatic carbocycles. The summed E-state index contributed by atoms with van der Waals surface area (Å²) in [4.78, 5) is 24.7. The monoisotopic (exact) mass is 361 g/mol. The lowest BCUT2D eigenvalue weighted by Crippen LogP contribution is -2.20. The number of amides is 1. The Morgan fingerprint density at radius 1 is 1.15 bits per heavy atom. The van der Waals surface area contributed by atoms with E-state index in [4.69, 9.17) is 4.42 Å². The number of para-hydroxylation sites is 1. The number of aromatic hydroxyl groups is 1. The van der Waals surface area contributed by atoms with Gasteiger partial charge in [-0.05, 0) is 30.3 Å². The van der Waals surface area contributed by atoms with Crippen LogP contribution in [-0.4, -0.2) is 20.8 Å². The van der Waals surface area contributed by atoms with E-state index in [1.165, 1.54) is 12.1 Å². The molecule has 0 saturated heterocycles. The van der Waals surface area contributed by atoms with Gasteiger partial charge in [-0.1, -0.05) is 24.3 Å². The summed E-state index contributed by atoms with van der Waals surface area (Å²) >= 11 is 0. The van der Waals surface area contributed by atoms with Gasteiger partial charge in [0.05, 0.1) is 5.69 Å². The number of nitrogens with one attached hydrogen (secondary N) is 1. The second kappa shape index (κ2) is 6.45. The normalized spacial score (nSPS) is 10.9. The Morgan fingerprint density at radius 3 is 2.74 bits per heavy atom. The molecule has 0 unspecified atom stereocenters. The van der Waals surface area contributed by atoms with Crippen LogP contribution < -0.4 is 10.9 Å². The molecular formula is C20H15N3O4. The number of hydrogen-bond acceptors (Lipinski definition) is 5. The van der Waals surface area contributed by atoms with E-state index in [2.05, 4.69) is 10.4 Å². The van der Waals surface area contributed by atoms with Gasteiger partial charge in [0.15, 0.2) is 11.3 Å². The summed E-state index contributed by atoms with van der Waals surface area (Å²) in [5, 5.41) is 17.1. The standard InChI is InChI=1S/C20H15N3O4/c1-23-16(8-9-21-23)12-4-2-6-14(10-12)22-19(25)15-11-13-5-3-7-17(24)18(13)27-20(15)26/h2-11,24H,1H3,(H,22,25). The predicted octanol–water partition coefficient (Wildman–Crippen LogP) is 3.15. The number of benzene rings is 2. The maximum absolute atomic E-state index is 12.6. The highest BCUT2D eigenvalue weighted by Crippen LogP contribution is 2.24. The number of carbonyl (C=O) groups excluding carboxylic acids is 1. The number of phenols is 1. The van der Waals surface area contributed by atoms with E-state index in [1.807, 2.05) is 19.2 Å². The molecule has 0 aliphatic rings. The second-order valence-corrected chi connectivity index (χ2v) is 6.02. The fourth-order valence-electron chi connectivity index (χ4n) is 2.90. The second-order valence-electron chi connectivity index (χ2n) is 6.02. The first-order valence-corrected chi connectivity index (χ1v) is 8.18. The number of rotatable bonds is 3. The third-order valence-electron chi connectivity index (χ3n) is 4.22. The van der Waals surface area contributed by atoms with Crippen molar-refractivity contribution in [2.75, 3.05) is 5.32 Å². The Bertz CT molecular complexity index is 1220. The summed E-state index contributed by atoms with van der Waals surface area (Å²) < 4.78 is 6.83. The number of phenolic OH excluding ortho intramolecular Hbond substituents is 1. The molecular weight excluding hydrogens is 346 g/mol. The van der Waals surface area contributed by atoms with Crippen molar-refractivity contribution in [2.24, 2.45) is 7.05 Å². The Labute approximate surface area is 153 Å². The summed E-state index contributed by atoms with van der Waals surface area (Å²) in [6.07, 6.45) is 1.69. The zero-order valence-electron chi connectivity index (χ0n) is 14.3. The van der Waals surface area contributed by atoms with E-state index in [0.717, 1.165) is 11.3 Å². The molecule has 2 aromatic heterocycles. The number of carbonyl (C=O) groups is 1. The molecule has 2 N–H and O–H groups in total. The van der Waals surface area contributed by atoms with E-state index < -0.39 is 11.5 Å². The SMILES string of the molecule is Cn1nccc1-c1cccc(NC(=O)c2cc3cccc(O)c3oc2=O)c1. The van der Waals surface area contributed by atoms with Crippen LogP contribution in [0.2, 0.25) is 0 Å². The van der Waals surface area contributed by atoms with Crippen molar-refractivity contribution in [1.82, 2.24) is 9.78 Å². The largest absolute Gasteiger partial charge is 0.504 e. The van der Waals surface area contributed by atoms with Crippen molar-refractivity contribution < 1.29 is 14.3 Å². The first kappa shape index (κ1) is 16.6. The van der Waals surface area contributed by atoms with Crippen molar-refractivity contribution in [1.29, 1.82) is 0 Å². The number of aromatic nitrogens is 2. The van der Waals surface area contributed by atoms with Crippen molar-refractivity contribution in [3.05, 3.63) is 76.8 Å². The lowest BCUT2D eigenvalue weighted by atomic mass is 10.1. The van der Waals surface area contributed by atoms with E-state index in [9.17, 15) is 14.7 Å². The highest BCUT2D eigenvalue weighted by Gasteiger charge is 2.15. The quantitative estimate of drug-likeness (QED) is 0.546. The van der Waals surface area contributed by atoms with Gasteiger partial charge < -0.3 is 14.8 Å². The Hall–Kier alpha value is -3.87. The molecule has 0 aliphatic heterocycles. The van der Waals surface area contributed by atoms with E-state index in [-0.39, 0.29) is 16.9 Å². The average molecular weight is 361 g/mol. The van der Waals surface area contributed by atoms with Crippen LogP contribution in [0.3, 0.4) is 0 Å². The molecule has 0 saturated carbocycles. The molecule has 0 atom stereocenters.